The van der Waals surface area contributed by atoms with Gasteiger partial charge in [-0.2, -0.15) is 0 Å². The van der Waals surface area contributed by atoms with E-state index in [1.807, 2.05) is 32.0 Å². The fourth-order valence-corrected chi connectivity index (χ4v) is 2.13. The minimum absolute atomic E-state index is 0.0396. The number of thiocarbonyl (C=S) groups is 1. The molecule has 0 saturated heterocycles. The summed E-state index contributed by atoms with van der Waals surface area (Å²) in [4.78, 5) is 11.9. The number of halogens is 1. The predicted molar refractivity (Wildman–Crippen MR) is 86.0 cm³/mol. The molecule has 5 heteroatoms. The lowest BCUT2D eigenvalue weighted by molar-refractivity contribution is 0.0974. The van der Waals surface area contributed by atoms with Crippen molar-refractivity contribution in [2.45, 2.75) is 13.8 Å². The zero-order valence-corrected chi connectivity index (χ0v) is 12.6. The van der Waals surface area contributed by atoms with Crippen molar-refractivity contribution in [2.24, 2.45) is 0 Å². The number of anilines is 1. The zero-order valence-electron chi connectivity index (χ0n) is 11.7. The van der Waals surface area contributed by atoms with Gasteiger partial charge in [0.15, 0.2) is 5.11 Å². The van der Waals surface area contributed by atoms with E-state index in [0.717, 1.165) is 16.8 Å². The molecular formula is C16H15FN2OS. The first-order chi connectivity index (χ1) is 9.97. The summed E-state index contributed by atoms with van der Waals surface area (Å²) >= 11 is 5.08. The number of hydrogen-bond donors (Lipinski definition) is 2. The Balaban J connectivity index is 2.05. The average Bonchev–Trinajstić information content (AvgIpc) is 2.42. The van der Waals surface area contributed by atoms with Gasteiger partial charge in [0.2, 0.25) is 0 Å². The highest BCUT2D eigenvalue weighted by Crippen LogP contribution is 2.16. The van der Waals surface area contributed by atoms with Gasteiger partial charge in [-0.3, -0.25) is 10.1 Å². The Bertz CT molecular complexity index is 700. The topological polar surface area (TPSA) is 41.1 Å². The first-order valence-electron chi connectivity index (χ1n) is 6.41. The summed E-state index contributed by atoms with van der Waals surface area (Å²) in [5.74, 6) is -1.15. The lowest BCUT2D eigenvalue weighted by Gasteiger charge is -2.12. The standard InChI is InChI=1S/C16H15FN2OS/c1-10-7-8-14(11(2)9-10)18-16(21)19-15(20)12-5-3-4-6-13(12)17/h3-9H,1-2H3,(H2,18,19,20,21). The lowest BCUT2D eigenvalue weighted by Crippen LogP contribution is -2.34. The molecule has 0 atom stereocenters. The van der Waals surface area contributed by atoms with E-state index in [9.17, 15) is 9.18 Å². The van der Waals surface area contributed by atoms with Crippen LogP contribution < -0.4 is 10.6 Å². The summed E-state index contributed by atoms with van der Waals surface area (Å²) in [5, 5.41) is 5.54. The number of nitrogens with one attached hydrogen (secondary N) is 2. The van der Waals surface area contributed by atoms with Gasteiger partial charge in [-0.25, -0.2) is 4.39 Å². The molecule has 0 aromatic heterocycles. The number of benzene rings is 2. The monoisotopic (exact) mass is 302 g/mol. The van der Waals surface area contributed by atoms with Crippen molar-refractivity contribution in [1.82, 2.24) is 5.32 Å². The molecule has 3 nitrogen and oxygen atoms in total. The van der Waals surface area contributed by atoms with Crippen molar-refractivity contribution < 1.29 is 9.18 Å². The van der Waals surface area contributed by atoms with E-state index < -0.39 is 11.7 Å². The Morgan fingerprint density at radius 3 is 2.52 bits per heavy atom. The number of amides is 1. The molecule has 0 aliphatic heterocycles. The van der Waals surface area contributed by atoms with Crippen molar-refractivity contribution in [3.8, 4) is 0 Å². The molecule has 0 fully saturated rings. The maximum absolute atomic E-state index is 13.5. The average molecular weight is 302 g/mol. The van der Waals surface area contributed by atoms with Crippen molar-refractivity contribution in [3.63, 3.8) is 0 Å². The highest BCUT2D eigenvalue weighted by molar-refractivity contribution is 7.80. The van der Waals surface area contributed by atoms with E-state index in [4.69, 9.17) is 12.2 Å². The van der Waals surface area contributed by atoms with Gasteiger partial charge >= 0.3 is 0 Å². The zero-order chi connectivity index (χ0) is 15.4. The Hall–Kier alpha value is -2.27. The molecular weight excluding hydrogens is 287 g/mol. The molecule has 2 N–H and O–H groups in total. The molecule has 108 valence electrons. The fraction of sp³-hybridized carbons (Fsp3) is 0.125. The van der Waals surface area contributed by atoms with Gasteiger partial charge in [0.05, 0.1) is 5.56 Å². The van der Waals surface area contributed by atoms with E-state index in [2.05, 4.69) is 10.6 Å². The number of carbonyl (C=O) groups is 1. The van der Waals surface area contributed by atoms with Crippen molar-refractivity contribution in [1.29, 1.82) is 0 Å². The maximum Gasteiger partial charge on any atom is 0.260 e. The SMILES string of the molecule is Cc1ccc(NC(=S)NC(=O)c2ccccc2F)c(C)c1. The molecule has 0 spiro atoms. The van der Waals surface area contributed by atoms with Crippen LogP contribution in [0.1, 0.15) is 21.5 Å². The molecule has 21 heavy (non-hydrogen) atoms. The second-order valence-corrected chi connectivity index (χ2v) is 5.11. The van der Waals surface area contributed by atoms with Gasteiger partial charge in [0.25, 0.3) is 5.91 Å². The van der Waals surface area contributed by atoms with Gasteiger partial charge in [-0.1, -0.05) is 29.8 Å². The number of carbonyl (C=O) groups excluding carboxylic acids is 1. The molecule has 2 aromatic rings. The van der Waals surface area contributed by atoms with Crippen LogP contribution in [0.3, 0.4) is 0 Å². The molecule has 0 bridgehead atoms. The molecule has 2 rings (SSSR count). The van der Waals surface area contributed by atoms with E-state index in [0.29, 0.717) is 0 Å². The first kappa shape index (κ1) is 15.1. The van der Waals surface area contributed by atoms with Crippen molar-refractivity contribution in [2.75, 3.05) is 5.32 Å². The summed E-state index contributed by atoms with van der Waals surface area (Å²) in [7, 11) is 0. The number of rotatable bonds is 2. The number of aryl methyl sites for hydroxylation is 2. The van der Waals surface area contributed by atoms with Gasteiger partial charge < -0.3 is 5.32 Å². The molecule has 1 amide bonds. The van der Waals surface area contributed by atoms with Crippen LogP contribution >= 0.6 is 12.2 Å². The van der Waals surface area contributed by atoms with E-state index in [1.165, 1.54) is 18.2 Å². The Kier molecular flexibility index (Phi) is 4.65. The van der Waals surface area contributed by atoms with Crippen LogP contribution in [0, 0.1) is 19.7 Å². The summed E-state index contributed by atoms with van der Waals surface area (Å²) < 4.78 is 13.5. The summed E-state index contributed by atoms with van der Waals surface area (Å²) in [6.07, 6.45) is 0. The minimum atomic E-state index is -0.579. The second-order valence-electron chi connectivity index (χ2n) is 4.71. The first-order valence-corrected chi connectivity index (χ1v) is 6.82. The maximum atomic E-state index is 13.5. The van der Waals surface area contributed by atoms with Crippen molar-refractivity contribution in [3.05, 3.63) is 65.0 Å². The highest BCUT2D eigenvalue weighted by Gasteiger charge is 2.12. The summed E-state index contributed by atoms with van der Waals surface area (Å²) in [6, 6.07) is 11.6. The Morgan fingerprint density at radius 2 is 1.86 bits per heavy atom. The Morgan fingerprint density at radius 1 is 1.14 bits per heavy atom. The van der Waals surface area contributed by atoms with E-state index in [1.54, 1.807) is 6.07 Å². The number of hydrogen-bond acceptors (Lipinski definition) is 2. The molecule has 0 unspecified atom stereocenters. The Labute approximate surface area is 128 Å². The quantitative estimate of drug-likeness (QED) is 0.833. The third-order valence-electron chi connectivity index (χ3n) is 2.98. The van der Waals surface area contributed by atoms with E-state index in [-0.39, 0.29) is 10.7 Å². The van der Waals surface area contributed by atoms with Crippen LogP contribution in [0.15, 0.2) is 42.5 Å². The van der Waals surface area contributed by atoms with Gasteiger partial charge in [-0.05, 0) is 49.8 Å². The summed E-state index contributed by atoms with van der Waals surface area (Å²) in [5.41, 5.74) is 2.92. The lowest BCUT2D eigenvalue weighted by atomic mass is 10.1. The van der Waals surface area contributed by atoms with Gasteiger partial charge in [-0.15, -0.1) is 0 Å². The molecule has 2 aromatic carbocycles. The van der Waals surface area contributed by atoms with Crippen LogP contribution in [-0.4, -0.2) is 11.0 Å². The van der Waals surface area contributed by atoms with Crippen LogP contribution in [-0.2, 0) is 0 Å². The smallest absolute Gasteiger partial charge is 0.260 e. The third kappa shape index (κ3) is 3.86. The van der Waals surface area contributed by atoms with Crippen LogP contribution in [0.5, 0.6) is 0 Å². The van der Waals surface area contributed by atoms with Crippen LogP contribution in [0.25, 0.3) is 0 Å². The van der Waals surface area contributed by atoms with Crippen LogP contribution in [0.4, 0.5) is 10.1 Å². The molecule has 0 aliphatic rings. The van der Waals surface area contributed by atoms with Gasteiger partial charge in [0.1, 0.15) is 5.82 Å². The molecule has 0 heterocycles. The van der Waals surface area contributed by atoms with Crippen LogP contribution in [0.2, 0.25) is 0 Å². The molecule has 0 aliphatic carbocycles. The molecule has 0 radical (unpaired) electrons. The largest absolute Gasteiger partial charge is 0.332 e. The van der Waals surface area contributed by atoms with E-state index >= 15 is 0 Å². The summed E-state index contributed by atoms with van der Waals surface area (Å²) in [6.45, 7) is 3.94. The minimum Gasteiger partial charge on any atom is -0.332 e. The predicted octanol–water partition coefficient (Wildman–Crippen LogP) is 3.57. The normalized spacial score (nSPS) is 10.0. The van der Waals surface area contributed by atoms with Crippen molar-refractivity contribution >= 4 is 28.9 Å². The fourth-order valence-electron chi connectivity index (χ4n) is 1.92. The highest BCUT2D eigenvalue weighted by atomic mass is 32.1. The second kappa shape index (κ2) is 6.45. The van der Waals surface area contributed by atoms with Gasteiger partial charge in [0, 0.05) is 5.69 Å². The molecule has 0 saturated carbocycles. The third-order valence-corrected chi connectivity index (χ3v) is 3.18.